The van der Waals surface area contributed by atoms with Crippen molar-refractivity contribution in [3.8, 4) is 0 Å². The van der Waals surface area contributed by atoms with Gasteiger partial charge >= 0.3 is 12.1 Å². The van der Waals surface area contributed by atoms with Crippen LogP contribution in [0, 0.1) is 0 Å². The highest BCUT2D eigenvalue weighted by Crippen LogP contribution is 2.35. The Hall–Kier alpha value is -3.60. The molecule has 1 amide bonds. The van der Waals surface area contributed by atoms with Crippen LogP contribution >= 0.6 is 0 Å². The Morgan fingerprint density at radius 3 is 2.35 bits per heavy atom. The molecule has 0 saturated carbocycles. The number of aromatic nitrogens is 3. The number of hydrogen-bond acceptors (Lipinski definition) is 4. The minimum absolute atomic E-state index is 0.133. The summed E-state index contributed by atoms with van der Waals surface area (Å²) in [5.74, 6) is -2.62. The van der Waals surface area contributed by atoms with Gasteiger partial charge in [0.1, 0.15) is 5.69 Å². The fourth-order valence-electron chi connectivity index (χ4n) is 4.50. The quantitative estimate of drug-likeness (QED) is 0.628. The second-order valence-corrected chi connectivity index (χ2v) is 8.37. The molecule has 1 aromatic carbocycles. The number of carboxylic acids is 1. The number of carbonyl (C=O) groups is 2. The van der Waals surface area contributed by atoms with E-state index in [9.17, 15) is 18.0 Å². The second-order valence-electron chi connectivity index (χ2n) is 8.37. The van der Waals surface area contributed by atoms with Crippen molar-refractivity contribution >= 4 is 11.9 Å². The van der Waals surface area contributed by atoms with Crippen LogP contribution in [0.5, 0.6) is 0 Å². The lowest BCUT2D eigenvalue weighted by Gasteiger charge is -2.38. The smallest absolute Gasteiger partial charge is 0.475 e. The van der Waals surface area contributed by atoms with Crippen molar-refractivity contribution in [2.75, 3.05) is 13.1 Å². The van der Waals surface area contributed by atoms with E-state index in [4.69, 9.17) is 9.90 Å². The molecule has 3 aromatic rings. The molecule has 0 aliphatic carbocycles. The predicted octanol–water partition coefficient (Wildman–Crippen LogP) is 2.94. The molecule has 2 atom stereocenters. The Kier molecular flexibility index (Phi) is 6.47. The molecule has 11 heteroatoms. The van der Waals surface area contributed by atoms with Gasteiger partial charge in [0, 0.05) is 51.2 Å². The number of likely N-dealkylation sites (tertiary alicyclic amines) is 1. The number of rotatable bonds is 4. The molecule has 2 aliphatic heterocycles. The van der Waals surface area contributed by atoms with E-state index in [0.717, 1.165) is 25.3 Å². The number of amides is 1. The molecule has 0 bridgehead atoms. The molecule has 2 unspecified atom stereocenters. The largest absolute Gasteiger partial charge is 0.490 e. The van der Waals surface area contributed by atoms with E-state index >= 15 is 0 Å². The van der Waals surface area contributed by atoms with Crippen LogP contribution in [-0.2, 0) is 24.9 Å². The van der Waals surface area contributed by atoms with Gasteiger partial charge in [-0.25, -0.2) is 4.79 Å². The van der Waals surface area contributed by atoms with Crippen LogP contribution in [0.1, 0.15) is 27.7 Å². The minimum atomic E-state index is -5.08. The van der Waals surface area contributed by atoms with E-state index in [1.165, 1.54) is 11.1 Å². The molecule has 0 radical (unpaired) electrons. The van der Waals surface area contributed by atoms with Gasteiger partial charge in [0.25, 0.3) is 5.91 Å². The summed E-state index contributed by atoms with van der Waals surface area (Å²) in [6.45, 7) is 3.35. The number of benzene rings is 1. The van der Waals surface area contributed by atoms with Gasteiger partial charge < -0.3 is 14.6 Å². The first-order chi connectivity index (χ1) is 16.1. The van der Waals surface area contributed by atoms with Crippen molar-refractivity contribution in [1.29, 1.82) is 0 Å². The average molecular weight is 475 g/mol. The standard InChI is InChI=1S/C21H23N5O.C2HF3O2/c1-23-11-17(10-22-23)12-24-14-19-20(15-24)26(13-16-6-3-2-4-7-16)21(27)18-8-5-9-25(18)19;3-2(4,5)1(6)7/h2-11,19-20H,12-15H2,1H3;(H,6,7). The summed E-state index contributed by atoms with van der Waals surface area (Å²) in [4.78, 5) is 26.6. The normalized spacial score (nSPS) is 19.9. The fourth-order valence-corrected chi connectivity index (χ4v) is 4.50. The van der Waals surface area contributed by atoms with Crippen molar-refractivity contribution in [1.82, 2.24) is 24.1 Å². The van der Waals surface area contributed by atoms with Crippen molar-refractivity contribution < 1.29 is 27.9 Å². The minimum Gasteiger partial charge on any atom is -0.475 e. The molecule has 34 heavy (non-hydrogen) atoms. The number of fused-ring (bicyclic) bond motifs is 3. The van der Waals surface area contributed by atoms with Crippen molar-refractivity contribution in [3.63, 3.8) is 0 Å². The number of alkyl halides is 3. The number of aliphatic carboxylic acids is 1. The first kappa shape index (κ1) is 23.6. The third kappa shape index (κ3) is 4.98. The summed E-state index contributed by atoms with van der Waals surface area (Å²) in [6.07, 6.45) is 0.963. The third-order valence-corrected chi connectivity index (χ3v) is 5.95. The van der Waals surface area contributed by atoms with Crippen LogP contribution in [0.2, 0.25) is 0 Å². The van der Waals surface area contributed by atoms with Gasteiger partial charge in [-0.1, -0.05) is 30.3 Å². The summed E-state index contributed by atoms with van der Waals surface area (Å²) in [6, 6.07) is 14.7. The summed E-state index contributed by atoms with van der Waals surface area (Å²) in [5.41, 5.74) is 3.19. The van der Waals surface area contributed by atoms with Gasteiger partial charge in [0.05, 0.1) is 18.3 Å². The van der Waals surface area contributed by atoms with Crippen LogP contribution < -0.4 is 0 Å². The molecule has 4 heterocycles. The van der Waals surface area contributed by atoms with Crippen LogP contribution in [0.3, 0.4) is 0 Å². The van der Waals surface area contributed by atoms with Gasteiger partial charge in [0.2, 0.25) is 0 Å². The van der Waals surface area contributed by atoms with Gasteiger partial charge in [-0.05, 0) is 17.7 Å². The van der Waals surface area contributed by atoms with Crippen LogP contribution in [-0.4, -0.2) is 66.4 Å². The van der Waals surface area contributed by atoms with Crippen LogP contribution in [0.4, 0.5) is 13.2 Å². The molecule has 1 saturated heterocycles. The Bertz CT molecular complexity index is 1160. The number of carbonyl (C=O) groups excluding carboxylic acids is 1. The summed E-state index contributed by atoms with van der Waals surface area (Å²) in [5, 5.41) is 11.4. The lowest BCUT2D eigenvalue weighted by Crippen LogP contribution is -2.49. The van der Waals surface area contributed by atoms with Crippen molar-refractivity contribution in [2.24, 2.45) is 7.05 Å². The van der Waals surface area contributed by atoms with Gasteiger partial charge in [-0.2, -0.15) is 18.3 Å². The fraction of sp³-hybridized carbons (Fsp3) is 0.348. The highest BCUT2D eigenvalue weighted by Gasteiger charge is 2.44. The number of halogens is 3. The van der Waals surface area contributed by atoms with E-state index in [2.05, 4.69) is 44.0 Å². The molecular formula is C23H24F3N5O3. The van der Waals surface area contributed by atoms with Gasteiger partial charge in [0.15, 0.2) is 0 Å². The zero-order valence-electron chi connectivity index (χ0n) is 18.4. The zero-order valence-corrected chi connectivity index (χ0v) is 18.4. The third-order valence-electron chi connectivity index (χ3n) is 5.95. The SMILES string of the molecule is Cn1cc(CN2CC3C(C2)n2cccc2C(=O)N3Cc2ccccc2)cn1.O=C(O)C(F)(F)F. The van der Waals surface area contributed by atoms with E-state index in [-0.39, 0.29) is 11.9 Å². The predicted molar refractivity (Wildman–Crippen MR) is 116 cm³/mol. The Labute approximate surface area is 193 Å². The van der Waals surface area contributed by atoms with Crippen molar-refractivity contribution in [3.05, 3.63) is 77.9 Å². The van der Waals surface area contributed by atoms with E-state index in [1.54, 1.807) is 0 Å². The lowest BCUT2D eigenvalue weighted by molar-refractivity contribution is -0.192. The first-order valence-corrected chi connectivity index (χ1v) is 10.6. The maximum atomic E-state index is 13.2. The lowest BCUT2D eigenvalue weighted by atomic mass is 10.0. The molecule has 8 nitrogen and oxygen atoms in total. The number of aryl methyl sites for hydroxylation is 1. The highest BCUT2D eigenvalue weighted by atomic mass is 19.4. The first-order valence-electron chi connectivity index (χ1n) is 10.6. The van der Waals surface area contributed by atoms with Gasteiger partial charge in [-0.3, -0.25) is 14.4 Å². The molecular weight excluding hydrogens is 451 g/mol. The van der Waals surface area contributed by atoms with Crippen LogP contribution in [0.15, 0.2) is 61.1 Å². The van der Waals surface area contributed by atoms with Gasteiger partial charge in [-0.15, -0.1) is 0 Å². The molecule has 180 valence electrons. The highest BCUT2D eigenvalue weighted by molar-refractivity contribution is 5.94. The topological polar surface area (TPSA) is 83.6 Å². The average Bonchev–Trinajstić information content (AvgIpc) is 3.51. The maximum absolute atomic E-state index is 13.2. The molecule has 2 aliphatic rings. The van der Waals surface area contributed by atoms with Crippen LogP contribution in [0.25, 0.3) is 0 Å². The maximum Gasteiger partial charge on any atom is 0.490 e. The molecule has 1 fully saturated rings. The Balaban J connectivity index is 0.000000344. The summed E-state index contributed by atoms with van der Waals surface area (Å²) in [7, 11) is 1.94. The Morgan fingerprint density at radius 2 is 1.74 bits per heavy atom. The summed E-state index contributed by atoms with van der Waals surface area (Å²) >= 11 is 0. The molecule has 0 spiro atoms. The van der Waals surface area contributed by atoms with E-state index < -0.39 is 12.1 Å². The second kappa shape index (κ2) is 9.34. The van der Waals surface area contributed by atoms with E-state index in [1.807, 2.05) is 48.3 Å². The molecule has 5 rings (SSSR count). The Morgan fingerprint density at radius 1 is 1.06 bits per heavy atom. The number of carboxylic acid groups (broad SMARTS) is 1. The van der Waals surface area contributed by atoms with Crippen molar-refractivity contribution in [2.45, 2.75) is 31.3 Å². The molecule has 1 N–H and O–H groups in total. The number of nitrogens with zero attached hydrogens (tertiary/aromatic N) is 5. The monoisotopic (exact) mass is 475 g/mol. The number of hydrogen-bond donors (Lipinski definition) is 1. The zero-order chi connectivity index (χ0) is 24.5. The summed E-state index contributed by atoms with van der Waals surface area (Å²) < 4.78 is 35.8. The molecule has 2 aromatic heterocycles. The van der Waals surface area contributed by atoms with E-state index in [0.29, 0.717) is 12.6 Å².